The lowest BCUT2D eigenvalue weighted by molar-refractivity contribution is 0.0697. The Labute approximate surface area is 127 Å². The minimum absolute atomic E-state index is 0.119. The summed E-state index contributed by atoms with van der Waals surface area (Å²) in [6, 6.07) is 7.00. The van der Waals surface area contributed by atoms with Gasteiger partial charge in [0.2, 0.25) is 0 Å². The van der Waals surface area contributed by atoms with Crippen LogP contribution in [0.25, 0.3) is 0 Å². The topological polar surface area (TPSA) is 49.3 Å². The van der Waals surface area contributed by atoms with E-state index in [-0.39, 0.29) is 11.6 Å². The maximum atomic E-state index is 10.9. The van der Waals surface area contributed by atoms with Crippen molar-refractivity contribution in [3.05, 3.63) is 50.2 Å². The summed E-state index contributed by atoms with van der Waals surface area (Å²) in [6.07, 6.45) is 0. The molecule has 0 amide bonds. The Morgan fingerprint density at radius 1 is 1.35 bits per heavy atom. The van der Waals surface area contributed by atoms with Crippen LogP contribution >= 0.6 is 22.9 Å². The van der Waals surface area contributed by atoms with Gasteiger partial charge in [0.05, 0.1) is 16.3 Å². The minimum atomic E-state index is -0.976. The van der Waals surface area contributed by atoms with Crippen LogP contribution in [0.5, 0.6) is 0 Å². The Balaban J connectivity index is 2.22. The Kier molecular flexibility index (Phi) is 4.35. The second kappa shape index (κ2) is 5.85. The van der Waals surface area contributed by atoms with Crippen molar-refractivity contribution in [1.29, 1.82) is 0 Å². The smallest absolute Gasteiger partial charge is 0.335 e. The molecule has 0 radical (unpaired) electrons. The van der Waals surface area contributed by atoms with E-state index in [2.05, 4.69) is 32.2 Å². The molecular weight excluding hydrogens is 294 g/mol. The van der Waals surface area contributed by atoms with E-state index in [9.17, 15) is 4.79 Å². The molecular formula is C15H16ClNO2S. The number of hydrogen-bond acceptors (Lipinski definition) is 3. The molecule has 1 heterocycles. The number of thiophene rings is 1. The molecule has 106 valence electrons. The number of carboxylic acid groups (broad SMARTS) is 1. The van der Waals surface area contributed by atoms with E-state index < -0.39 is 5.97 Å². The van der Waals surface area contributed by atoms with Gasteiger partial charge in [-0.05, 0) is 50.6 Å². The second-order valence-electron chi connectivity index (χ2n) is 4.73. The van der Waals surface area contributed by atoms with Gasteiger partial charge in [-0.3, -0.25) is 0 Å². The predicted octanol–water partition coefficient (Wildman–Crippen LogP) is 4.89. The summed E-state index contributed by atoms with van der Waals surface area (Å²) in [5.74, 6) is -0.976. The molecule has 1 unspecified atom stereocenters. The number of carbonyl (C=O) groups is 1. The van der Waals surface area contributed by atoms with Crippen molar-refractivity contribution in [3.8, 4) is 0 Å². The summed E-state index contributed by atoms with van der Waals surface area (Å²) >= 11 is 7.89. The zero-order valence-electron chi connectivity index (χ0n) is 11.5. The van der Waals surface area contributed by atoms with Crippen LogP contribution in [0.15, 0.2) is 24.3 Å². The monoisotopic (exact) mass is 309 g/mol. The standard InChI is InChI=1S/C15H16ClNO2S/c1-8-6-12(10(3)20-8)9(2)17-14-5-4-11(15(18)19)7-13(14)16/h4-7,9,17H,1-3H3,(H,18,19). The average Bonchev–Trinajstić information content (AvgIpc) is 2.70. The first-order valence-corrected chi connectivity index (χ1v) is 7.44. The minimum Gasteiger partial charge on any atom is -0.478 e. The zero-order valence-corrected chi connectivity index (χ0v) is 13.1. The van der Waals surface area contributed by atoms with Crippen molar-refractivity contribution < 1.29 is 9.90 Å². The quantitative estimate of drug-likeness (QED) is 0.845. The highest BCUT2D eigenvalue weighted by molar-refractivity contribution is 7.12. The molecule has 2 N–H and O–H groups in total. The van der Waals surface area contributed by atoms with Crippen molar-refractivity contribution >= 4 is 34.6 Å². The van der Waals surface area contributed by atoms with E-state index in [1.165, 1.54) is 21.4 Å². The van der Waals surface area contributed by atoms with Crippen LogP contribution in [0.1, 0.15) is 38.6 Å². The highest BCUT2D eigenvalue weighted by Crippen LogP contribution is 2.31. The third kappa shape index (κ3) is 3.14. The molecule has 0 aliphatic rings. The summed E-state index contributed by atoms with van der Waals surface area (Å²) in [5.41, 5.74) is 2.18. The number of aromatic carboxylic acids is 1. The predicted molar refractivity (Wildman–Crippen MR) is 84.2 cm³/mol. The molecule has 3 nitrogen and oxygen atoms in total. The summed E-state index contributed by atoms with van der Waals surface area (Å²) in [5, 5.41) is 12.7. The first-order valence-electron chi connectivity index (χ1n) is 6.25. The van der Waals surface area contributed by atoms with Crippen molar-refractivity contribution in [2.45, 2.75) is 26.8 Å². The van der Waals surface area contributed by atoms with Crippen LogP contribution in [0.4, 0.5) is 5.69 Å². The van der Waals surface area contributed by atoms with Crippen molar-refractivity contribution in [3.63, 3.8) is 0 Å². The van der Waals surface area contributed by atoms with E-state index >= 15 is 0 Å². The van der Waals surface area contributed by atoms with Crippen LogP contribution in [0, 0.1) is 13.8 Å². The third-order valence-electron chi connectivity index (χ3n) is 3.13. The molecule has 2 rings (SSSR count). The molecule has 0 fully saturated rings. The van der Waals surface area contributed by atoms with Gasteiger partial charge in [0, 0.05) is 15.8 Å². The first kappa shape index (κ1) is 14.9. The van der Waals surface area contributed by atoms with Crippen LogP contribution < -0.4 is 5.32 Å². The molecule has 1 aromatic carbocycles. The Morgan fingerprint density at radius 2 is 2.05 bits per heavy atom. The lowest BCUT2D eigenvalue weighted by Gasteiger charge is -2.16. The lowest BCUT2D eigenvalue weighted by Crippen LogP contribution is -2.07. The van der Waals surface area contributed by atoms with Gasteiger partial charge < -0.3 is 10.4 Å². The molecule has 0 aliphatic heterocycles. The fraction of sp³-hybridized carbons (Fsp3) is 0.267. The Bertz CT molecular complexity index is 651. The molecule has 2 aromatic rings. The molecule has 0 saturated carbocycles. The van der Waals surface area contributed by atoms with Gasteiger partial charge in [-0.1, -0.05) is 11.6 Å². The second-order valence-corrected chi connectivity index (χ2v) is 6.60. The summed E-state index contributed by atoms with van der Waals surface area (Å²) in [6.45, 7) is 6.25. The van der Waals surface area contributed by atoms with Crippen LogP contribution in [-0.4, -0.2) is 11.1 Å². The van der Waals surface area contributed by atoms with Gasteiger partial charge >= 0.3 is 5.97 Å². The van der Waals surface area contributed by atoms with Crippen molar-refractivity contribution in [1.82, 2.24) is 0 Å². The van der Waals surface area contributed by atoms with Gasteiger partial charge in [0.1, 0.15) is 0 Å². The fourth-order valence-corrected chi connectivity index (χ4v) is 3.41. The number of carboxylic acids is 1. The number of anilines is 1. The van der Waals surface area contributed by atoms with Crippen molar-refractivity contribution in [2.24, 2.45) is 0 Å². The number of hydrogen-bond donors (Lipinski definition) is 2. The number of rotatable bonds is 4. The average molecular weight is 310 g/mol. The highest BCUT2D eigenvalue weighted by Gasteiger charge is 2.13. The van der Waals surface area contributed by atoms with E-state index in [1.807, 2.05) is 0 Å². The van der Waals surface area contributed by atoms with Crippen LogP contribution in [0.3, 0.4) is 0 Å². The summed E-state index contributed by atoms with van der Waals surface area (Å²) in [4.78, 5) is 13.4. The highest BCUT2D eigenvalue weighted by atomic mass is 35.5. The molecule has 1 aromatic heterocycles. The number of aryl methyl sites for hydroxylation is 2. The molecule has 1 atom stereocenters. The van der Waals surface area contributed by atoms with Gasteiger partial charge in [-0.15, -0.1) is 11.3 Å². The van der Waals surface area contributed by atoms with Gasteiger partial charge in [-0.2, -0.15) is 0 Å². The summed E-state index contributed by atoms with van der Waals surface area (Å²) in [7, 11) is 0. The molecule has 20 heavy (non-hydrogen) atoms. The zero-order chi connectivity index (χ0) is 14.9. The lowest BCUT2D eigenvalue weighted by atomic mass is 10.1. The van der Waals surface area contributed by atoms with Crippen LogP contribution in [0.2, 0.25) is 5.02 Å². The maximum absolute atomic E-state index is 10.9. The SMILES string of the molecule is Cc1cc(C(C)Nc2ccc(C(=O)O)cc2Cl)c(C)s1. The summed E-state index contributed by atoms with van der Waals surface area (Å²) < 4.78 is 0. The Hall–Kier alpha value is -1.52. The van der Waals surface area contributed by atoms with E-state index in [0.29, 0.717) is 5.02 Å². The van der Waals surface area contributed by atoms with Gasteiger partial charge in [0.15, 0.2) is 0 Å². The van der Waals surface area contributed by atoms with E-state index in [4.69, 9.17) is 16.7 Å². The molecule has 0 bridgehead atoms. The van der Waals surface area contributed by atoms with E-state index in [0.717, 1.165) is 5.69 Å². The van der Waals surface area contributed by atoms with E-state index in [1.54, 1.807) is 23.5 Å². The number of nitrogens with one attached hydrogen (secondary N) is 1. The molecule has 5 heteroatoms. The first-order chi connectivity index (χ1) is 9.38. The van der Waals surface area contributed by atoms with Gasteiger partial charge in [-0.25, -0.2) is 4.79 Å². The maximum Gasteiger partial charge on any atom is 0.335 e. The number of halogens is 1. The molecule has 0 saturated heterocycles. The number of benzene rings is 1. The Morgan fingerprint density at radius 3 is 2.55 bits per heavy atom. The van der Waals surface area contributed by atoms with Crippen LogP contribution in [-0.2, 0) is 0 Å². The van der Waals surface area contributed by atoms with Crippen molar-refractivity contribution in [2.75, 3.05) is 5.32 Å². The molecule has 0 spiro atoms. The third-order valence-corrected chi connectivity index (χ3v) is 4.43. The van der Waals surface area contributed by atoms with Gasteiger partial charge in [0.25, 0.3) is 0 Å². The fourth-order valence-electron chi connectivity index (χ4n) is 2.16. The molecule has 0 aliphatic carbocycles. The normalized spacial score (nSPS) is 12.2. The largest absolute Gasteiger partial charge is 0.478 e.